The van der Waals surface area contributed by atoms with E-state index in [0.29, 0.717) is 0 Å². The fraction of sp³-hybridized carbons (Fsp3) is 0.750. The van der Waals surface area contributed by atoms with Gasteiger partial charge in [0.15, 0.2) is 0 Å². The number of rotatable bonds is 0. The lowest BCUT2D eigenvalue weighted by molar-refractivity contribution is 0.710. The van der Waals surface area contributed by atoms with E-state index in [1.54, 1.807) is 5.57 Å². The average Bonchev–Trinajstić information content (AvgIpc) is 1.99. The molecule has 0 aromatic rings. The van der Waals surface area contributed by atoms with Gasteiger partial charge in [0, 0.05) is 6.54 Å². The molecule has 0 saturated heterocycles. The Morgan fingerprint density at radius 2 is 2.00 bits per heavy atom. The molecule has 1 rings (SSSR count). The van der Waals surface area contributed by atoms with Gasteiger partial charge < -0.3 is 5.32 Å². The van der Waals surface area contributed by atoms with Crippen molar-refractivity contribution in [1.82, 2.24) is 5.32 Å². The fourth-order valence-electron chi connectivity index (χ4n) is 1.12. The summed E-state index contributed by atoms with van der Waals surface area (Å²) in [7, 11) is 0. The summed E-state index contributed by atoms with van der Waals surface area (Å²) in [5.74, 6) is 0. The van der Waals surface area contributed by atoms with Crippen LogP contribution in [0.25, 0.3) is 0 Å². The zero-order valence-corrected chi connectivity index (χ0v) is 6.33. The van der Waals surface area contributed by atoms with Crippen molar-refractivity contribution in [3.05, 3.63) is 11.1 Å². The minimum Gasteiger partial charge on any atom is -0.313 e. The fourth-order valence-corrected chi connectivity index (χ4v) is 1.12. The van der Waals surface area contributed by atoms with E-state index in [-0.39, 0.29) is 0 Å². The van der Waals surface area contributed by atoms with Gasteiger partial charge in [0.25, 0.3) is 0 Å². The Kier molecular flexibility index (Phi) is 2.29. The molecule has 0 aliphatic carbocycles. The third-order valence-electron chi connectivity index (χ3n) is 2.02. The van der Waals surface area contributed by atoms with E-state index in [2.05, 4.69) is 19.2 Å². The van der Waals surface area contributed by atoms with Gasteiger partial charge in [-0.15, -0.1) is 0 Å². The van der Waals surface area contributed by atoms with Crippen molar-refractivity contribution in [2.45, 2.75) is 26.7 Å². The van der Waals surface area contributed by atoms with E-state index in [0.717, 1.165) is 6.54 Å². The Morgan fingerprint density at radius 3 is 2.78 bits per heavy atom. The zero-order chi connectivity index (χ0) is 6.69. The predicted octanol–water partition coefficient (Wildman–Crippen LogP) is 1.71. The van der Waals surface area contributed by atoms with Crippen molar-refractivity contribution in [1.29, 1.82) is 0 Å². The van der Waals surface area contributed by atoms with Crippen LogP contribution in [0, 0.1) is 0 Å². The van der Waals surface area contributed by atoms with Gasteiger partial charge in [-0.05, 0) is 33.2 Å². The van der Waals surface area contributed by atoms with Crippen molar-refractivity contribution >= 4 is 0 Å². The zero-order valence-electron chi connectivity index (χ0n) is 6.33. The van der Waals surface area contributed by atoms with Crippen molar-refractivity contribution in [3.8, 4) is 0 Å². The Hall–Kier alpha value is -0.300. The quantitative estimate of drug-likeness (QED) is 0.486. The first-order valence-electron chi connectivity index (χ1n) is 3.66. The molecule has 0 aromatic carbocycles. The van der Waals surface area contributed by atoms with E-state index >= 15 is 0 Å². The number of nitrogens with one attached hydrogen (secondary N) is 1. The van der Waals surface area contributed by atoms with E-state index in [4.69, 9.17) is 0 Å². The smallest absolute Gasteiger partial charge is 0.0164 e. The van der Waals surface area contributed by atoms with Crippen LogP contribution in [0.1, 0.15) is 26.7 Å². The maximum absolute atomic E-state index is 3.37. The highest BCUT2D eigenvalue weighted by atomic mass is 14.8. The standard InChI is InChI=1S/C8H15N/c1-7-4-3-5-9-6-8(7)2/h9H,3-6H2,1-2H3. The summed E-state index contributed by atoms with van der Waals surface area (Å²) in [6.45, 7) is 6.75. The number of allylic oxidation sites excluding steroid dienone is 1. The molecular weight excluding hydrogens is 110 g/mol. The minimum atomic E-state index is 1.10. The lowest BCUT2D eigenvalue weighted by Gasteiger charge is -1.99. The molecule has 0 bridgehead atoms. The van der Waals surface area contributed by atoms with Gasteiger partial charge in [-0.3, -0.25) is 0 Å². The maximum atomic E-state index is 3.37. The molecule has 0 spiro atoms. The molecule has 1 heterocycles. The van der Waals surface area contributed by atoms with Gasteiger partial charge >= 0.3 is 0 Å². The van der Waals surface area contributed by atoms with Gasteiger partial charge in [-0.25, -0.2) is 0 Å². The summed E-state index contributed by atoms with van der Waals surface area (Å²) in [5.41, 5.74) is 3.12. The molecule has 1 aliphatic rings. The first kappa shape index (κ1) is 6.81. The van der Waals surface area contributed by atoms with Crippen molar-refractivity contribution < 1.29 is 0 Å². The van der Waals surface area contributed by atoms with Gasteiger partial charge in [0.05, 0.1) is 0 Å². The maximum Gasteiger partial charge on any atom is 0.0164 e. The molecule has 0 unspecified atom stereocenters. The second-order valence-electron chi connectivity index (χ2n) is 2.84. The molecule has 1 N–H and O–H groups in total. The topological polar surface area (TPSA) is 12.0 Å². The second-order valence-corrected chi connectivity index (χ2v) is 2.84. The summed E-state index contributed by atoms with van der Waals surface area (Å²) in [6.07, 6.45) is 2.60. The van der Waals surface area contributed by atoms with Gasteiger partial charge in [-0.2, -0.15) is 0 Å². The summed E-state index contributed by atoms with van der Waals surface area (Å²) >= 11 is 0. The molecule has 9 heavy (non-hydrogen) atoms. The molecule has 0 atom stereocenters. The molecule has 1 nitrogen and oxygen atoms in total. The highest BCUT2D eigenvalue weighted by Crippen LogP contribution is 2.11. The van der Waals surface area contributed by atoms with E-state index in [1.165, 1.54) is 25.0 Å². The van der Waals surface area contributed by atoms with Crippen LogP contribution < -0.4 is 5.32 Å². The normalized spacial score (nSPS) is 22.0. The molecular formula is C8H15N. The van der Waals surface area contributed by atoms with Crippen LogP contribution in [0.4, 0.5) is 0 Å². The summed E-state index contributed by atoms with van der Waals surface area (Å²) in [4.78, 5) is 0. The lowest BCUT2D eigenvalue weighted by Crippen LogP contribution is -2.14. The van der Waals surface area contributed by atoms with Crippen LogP contribution in [-0.2, 0) is 0 Å². The van der Waals surface area contributed by atoms with Crippen molar-refractivity contribution in [2.24, 2.45) is 0 Å². The highest BCUT2D eigenvalue weighted by Gasteiger charge is 2.00. The molecule has 1 heteroatoms. The van der Waals surface area contributed by atoms with Crippen molar-refractivity contribution in [3.63, 3.8) is 0 Å². The van der Waals surface area contributed by atoms with Crippen LogP contribution in [0.3, 0.4) is 0 Å². The summed E-state index contributed by atoms with van der Waals surface area (Å²) in [6, 6.07) is 0. The van der Waals surface area contributed by atoms with Gasteiger partial charge in [0.2, 0.25) is 0 Å². The highest BCUT2D eigenvalue weighted by molar-refractivity contribution is 5.12. The molecule has 1 aliphatic heterocycles. The number of hydrogen-bond acceptors (Lipinski definition) is 1. The van der Waals surface area contributed by atoms with E-state index in [9.17, 15) is 0 Å². The molecule has 0 aromatic heterocycles. The monoisotopic (exact) mass is 125 g/mol. The van der Waals surface area contributed by atoms with E-state index < -0.39 is 0 Å². The van der Waals surface area contributed by atoms with Crippen LogP contribution in [0.2, 0.25) is 0 Å². The third-order valence-corrected chi connectivity index (χ3v) is 2.02. The van der Waals surface area contributed by atoms with Crippen LogP contribution >= 0.6 is 0 Å². The largest absolute Gasteiger partial charge is 0.313 e. The number of hydrogen-bond donors (Lipinski definition) is 1. The summed E-state index contributed by atoms with van der Waals surface area (Å²) < 4.78 is 0. The van der Waals surface area contributed by atoms with E-state index in [1.807, 2.05) is 0 Å². The Labute approximate surface area is 57.1 Å². The van der Waals surface area contributed by atoms with Crippen LogP contribution in [-0.4, -0.2) is 13.1 Å². The Bertz CT molecular complexity index is 111. The second kappa shape index (κ2) is 3.02. The Morgan fingerprint density at radius 1 is 1.22 bits per heavy atom. The van der Waals surface area contributed by atoms with Crippen LogP contribution in [0.5, 0.6) is 0 Å². The lowest BCUT2D eigenvalue weighted by atomic mass is 10.1. The first-order chi connectivity index (χ1) is 4.30. The predicted molar refractivity (Wildman–Crippen MR) is 40.5 cm³/mol. The SMILES string of the molecule is CC1=C(C)CNCCC1. The first-order valence-corrected chi connectivity index (χ1v) is 3.66. The summed E-state index contributed by atoms with van der Waals surface area (Å²) in [5, 5.41) is 3.37. The molecule has 0 fully saturated rings. The molecule has 0 radical (unpaired) electrons. The molecule has 52 valence electrons. The Balaban J connectivity index is 2.55. The molecule has 0 amide bonds. The third kappa shape index (κ3) is 1.83. The van der Waals surface area contributed by atoms with Crippen LogP contribution in [0.15, 0.2) is 11.1 Å². The van der Waals surface area contributed by atoms with Crippen molar-refractivity contribution in [2.75, 3.05) is 13.1 Å². The average molecular weight is 125 g/mol. The van der Waals surface area contributed by atoms with Gasteiger partial charge in [-0.1, -0.05) is 11.1 Å². The molecule has 0 saturated carbocycles. The minimum absolute atomic E-state index is 1.10. The van der Waals surface area contributed by atoms with Gasteiger partial charge in [0.1, 0.15) is 0 Å².